The predicted octanol–water partition coefficient (Wildman–Crippen LogP) is 5.75. The molecule has 0 aliphatic carbocycles. The summed E-state index contributed by atoms with van der Waals surface area (Å²) in [5, 5.41) is 35.0. The maximum atomic E-state index is 11.4. The van der Waals surface area contributed by atoms with Crippen molar-refractivity contribution in [3.63, 3.8) is 0 Å². The van der Waals surface area contributed by atoms with Crippen molar-refractivity contribution in [3.8, 4) is 22.6 Å². The van der Waals surface area contributed by atoms with E-state index in [1.807, 2.05) is 60.7 Å². The van der Waals surface area contributed by atoms with Gasteiger partial charge in [-0.1, -0.05) is 79.3 Å². The second-order valence-electron chi connectivity index (χ2n) is 11.3. The number of carbonyl (C=O) groups excluding carboxylic acids is 1. The Bertz CT molecular complexity index is 1780. The first kappa shape index (κ1) is 31.4. The lowest BCUT2D eigenvalue weighted by atomic mass is 9.91. The highest BCUT2D eigenvalue weighted by molar-refractivity contribution is 7.99. The number of thioether (sulfide) groups is 1. The number of aliphatic hydroxyl groups excluding tert-OH is 1. The highest BCUT2D eigenvalue weighted by Crippen LogP contribution is 2.43. The van der Waals surface area contributed by atoms with Gasteiger partial charge in [0, 0.05) is 30.7 Å². The number of carbonyl (C=O) groups is 1. The second-order valence-corrected chi connectivity index (χ2v) is 12.2. The third kappa shape index (κ3) is 7.29. The van der Waals surface area contributed by atoms with Gasteiger partial charge in [0.25, 0.3) is 0 Å². The minimum Gasteiger partial charge on any atom is -0.508 e. The maximum absolute atomic E-state index is 11.4. The van der Waals surface area contributed by atoms with Crippen LogP contribution in [0.15, 0.2) is 102 Å². The minimum atomic E-state index is -0.639. The van der Waals surface area contributed by atoms with Crippen LogP contribution in [0.1, 0.15) is 48.5 Å². The molecule has 1 aliphatic heterocycles. The van der Waals surface area contributed by atoms with Crippen LogP contribution >= 0.6 is 11.8 Å². The number of rotatable bonds is 10. The van der Waals surface area contributed by atoms with Gasteiger partial charge in [-0.3, -0.25) is 4.79 Å². The summed E-state index contributed by atoms with van der Waals surface area (Å²) in [5.41, 5.74) is 6.51. The molecule has 0 bridgehead atoms. The molecule has 0 spiro atoms. The van der Waals surface area contributed by atoms with E-state index in [1.165, 1.54) is 18.7 Å². The molecule has 4 aromatic carbocycles. The molecule has 4 atom stereocenters. The third-order valence-corrected chi connectivity index (χ3v) is 9.00. The zero-order chi connectivity index (χ0) is 32.0. The van der Waals surface area contributed by atoms with Gasteiger partial charge in [-0.25, -0.2) is 0 Å². The molecule has 0 saturated carbocycles. The number of aliphatic hydroxyl groups is 1. The maximum Gasteiger partial charge on any atom is 0.217 e. The smallest absolute Gasteiger partial charge is 0.217 e. The van der Waals surface area contributed by atoms with E-state index in [0.717, 1.165) is 39.1 Å². The largest absolute Gasteiger partial charge is 0.508 e. The van der Waals surface area contributed by atoms with Crippen molar-refractivity contribution in [1.29, 1.82) is 0 Å². The summed E-state index contributed by atoms with van der Waals surface area (Å²) in [4.78, 5) is 11.4. The number of ether oxygens (including phenoxy) is 2. The van der Waals surface area contributed by atoms with Gasteiger partial charge in [0.2, 0.25) is 11.1 Å². The Balaban J connectivity index is 1.27. The van der Waals surface area contributed by atoms with Crippen molar-refractivity contribution in [2.75, 3.05) is 5.75 Å². The lowest BCUT2D eigenvalue weighted by Crippen LogP contribution is -2.38. The Morgan fingerprint density at radius 1 is 0.913 bits per heavy atom. The van der Waals surface area contributed by atoms with Crippen LogP contribution < -0.4 is 5.32 Å². The second kappa shape index (κ2) is 14.3. The fraction of sp³-hybridized carbons (Fsp3) is 0.257. The van der Waals surface area contributed by atoms with Crippen molar-refractivity contribution >= 4 is 17.7 Å². The Hall–Kier alpha value is -4.55. The number of nitrogens with one attached hydrogen (secondary N) is 1. The van der Waals surface area contributed by atoms with Gasteiger partial charge in [0.05, 0.1) is 24.5 Å². The molecule has 1 saturated heterocycles. The minimum absolute atomic E-state index is 0.0182. The predicted molar refractivity (Wildman–Crippen MR) is 174 cm³/mol. The molecule has 236 valence electrons. The Morgan fingerprint density at radius 2 is 1.65 bits per heavy atom. The SMILES string of the molecule is CC(=O)NCc1cccc(-c2cccc(C3OC(CSc4nnnn4-c4ccc(O)cc4)C(C)C(c4ccc(CO)cc4)O3)c2)c1. The Labute approximate surface area is 271 Å². The van der Waals surface area contributed by atoms with Gasteiger partial charge >= 0.3 is 0 Å². The van der Waals surface area contributed by atoms with E-state index in [1.54, 1.807) is 28.9 Å². The van der Waals surface area contributed by atoms with E-state index in [-0.39, 0.29) is 36.4 Å². The standard InChI is InChI=1S/C35H35N5O5S/c1-22-32(21-46-35-37-38-39-40(35)30-13-15-31(43)16-14-30)44-34(45-33(22)26-11-9-24(20-41)10-12-26)29-8-4-7-28(18-29)27-6-3-5-25(17-27)19-36-23(2)42/h3-18,22,32-34,41,43H,19-21H2,1-2H3,(H,36,42). The van der Waals surface area contributed by atoms with Crippen LogP contribution in [-0.4, -0.2) is 48.2 Å². The number of phenolic OH excluding ortho intramolecular Hbond substituents is 1. The molecule has 0 radical (unpaired) electrons. The molecule has 4 unspecified atom stereocenters. The lowest BCUT2D eigenvalue weighted by Gasteiger charge is -2.41. The zero-order valence-electron chi connectivity index (χ0n) is 25.5. The fourth-order valence-corrected chi connectivity index (χ4v) is 6.50. The van der Waals surface area contributed by atoms with Crippen molar-refractivity contribution in [3.05, 3.63) is 119 Å². The summed E-state index contributed by atoms with van der Waals surface area (Å²) in [7, 11) is 0. The van der Waals surface area contributed by atoms with Crippen LogP contribution in [-0.2, 0) is 27.4 Å². The number of aromatic nitrogens is 4. The summed E-state index contributed by atoms with van der Waals surface area (Å²) in [5.74, 6) is 0.644. The molecule has 2 heterocycles. The highest BCUT2D eigenvalue weighted by Gasteiger charge is 2.38. The summed E-state index contributed by atoms with van der Waals surface area (Å²) < 4.78 is 15.0. The first-order valence-electron chi connectivity index (χ1n) is 15.0. The monoisotopic (exact) mass is 637 g/mol. The zero-order valence-corrected chi connectivity index (χ0v) is 26.3. The van der Waals surface area contributed by atoms with Gasteiger partial charge in [0.1, 0.15) is 5.75 Å². The van der Waals surface area contributed by atoms with Gasteiger partial charge in [-0.15, -0.1) is 5.10 Å². The summed E-state index contributed by atoms with van der Waals surface area (Å²) in [6.45, 7) is 4.06. The normalized spacial score (nSPS) is 19.5. The van der Waals surface area contributed by atoms with Crippen LogP contribution in [0, 0.1) is 5.92 Å². The molecule has 3 N–H and O–H groups in total. The number of aromatic hydroxyl groups is 1. The first-order chi connectivity index (χ1) is 22.4. The van der Waals surface area contributed by atoms with Crippen molar-refractivity contribution in [1.82, 2.24) is 25.5 Å². The molecular formula is C35H35N5O5S. The number of nitrogens with zero attached hydrogens (tertiary/aromatic N) is 4. The van der Waals surface area contributed by atoms with E-state index in [2.05, 4.69) is 39.9 Å². The van der Waals surface area contributed by atoms with Crippen LogP contribution in [0.25, 0.3) is 16.8 Å². The van der Waals surface area contributed by atoms with E-state index in [9.17, 15) is 15.0 Å². The summed E-state index contributed by atoms with van der Waals surface area (Å²) in [6, 6.07) is 30.8. The molecular weight excluding hydrogens is 602 g/mol. The van der Waals surface area contributed by atoms with Crippen LogP contribution in [0.3, 0.4) is 0 Å². The molecule has 5 aromatic rings. The fourth-order valence-electron chi connectivity index (χ4n) is 5.44. The number of amides is 1. The summed E-state index contributed by atoms with van der Waals surface area (Å²) >= 11 is 1.49. The quantitative estimate of drug-likeness (QED) is 0.164. The van der Waals surface area contributed by atoms with Crippen LogP contribution in [0.2, 0.25) is 0 Å². The lowest BCUT2D eigenvalue weighted by molar-refractivity contribution is -0.268. The van der Waals surface area contributed by atoms with Gasteiger partial charge in [-0.2, -0.15) is 4.68 Å². The topological polar surface area (TPSA) is 132 Å². The van der Waals surface area contributed by atoms with Crippen molar-refractivity contribution in [2.24, 2.45) is 5.92 Å². The van der Waals surface area contributed by atoms with Crippen LogP contribution in [0.4, 0.5) is 0 Å². The van der Waals surface area contributed by atoms with E-state index in [4.69, 9.17) is 9.47 Å². The van der Waals surface area contributed by atoms with Crippen molar-refractivity contribution in [2.45, 2.75) is 50.7 Å². The van der Waals surface area contributed by atoms with Gasteiger partial charge in [0.15, 0.2) is 6.29 Å². The molecule has 1 aromatic heterocycles. The average Bonchev–Trinajstić information content (AvgIpc) is 3.56. The van der Waals surface area contributed by atoms with Crippen molar-refractivity contribution < 1.29 is 24.5 Å². The molecule has 6 rings (SSSR count). The Morgan fingerprint density at radius 3 is 2.39 bits per heavy atom. The molecule has 11 heteroatoms. The van der Waals surface area contributed by atoms with E-state index < -0.39 is 6.29 Å². The number of hydrogen-bond donors (Lipinski definition) is 3. The molecule has 1 amide bonds. The molecule has 10 nitrogen and oxygen atoms in total. The third-order valence-electron chi connectivity index (χ3n) is 8.00. The van der Waals surface area contributed by atoms with Gasteiger partial charge in [-0.05, 0) is 74.6 Å². The number of benzene rings is 4. The number of tetrazole rings is 1. The first-order valence-corrected chi connectivity index (χ1v) is 16.0. The summed E-state index contributed by atoms with van der Waals surface area (Å²) in [6.07, 6.45) is -1.13. The van der Waals surface area contributed by atoms with E-state index >= 15 is 0 Å². The number of phenols is 1. The highest BCUT2D eigenvalue weighted by atomic mass is 32.2. The Kier molecular flexibility index (Phi) is 9.74. The van der Waals surface area contributed by atoms with Crippen LogP contribution in [0.5, 0.6) is 5.75 Å². The molecule has 1 fully saturated rings. The van der Waals surface area contributed by atoms with Gasteiger partial charge < -0.3 is 25.0 Å². The molecule has 1 aliphatic rings. The average molecular weight is 638 g/mol. The molecule has 46 heavy (non-hydrogen) atoms. The number of hydrogen-bond acceptors (Lipinski definition) is 9. The van der Waals surface area contributed by atoms with E-state index in [0.29, 0.717) is 17.5 Å².